The van der Waals surface area contributed by atoms with Gasteiger partial charge in [-0.05, 0) is 47.5 Å². The van der Waals surface area contributed by atoms with E-state index in [-0.39, 0.29) is 36.7 Å². The van der Waals surface area contributed by atoms with Crippen molar-refractivity contribution in [2.75, 3.05) is 31.1 Å². The number of carboxylic acids is 2. The fourth-order valence-corrected chi connectivity index (χ4v) is 8.19. The van der Waals surface area contributed by atoms with Crippen LogP contribution in [0.2, 0.25) is 0 Å². The van der Waals surface area contributed by atoms with Crippen molar-refractivity contribution in [3.8, 4) is 0 Å². The Morgan fingerprint density at radius 1 is 0.712 bits per heavy atom. The number of carbonyl (C=O) groups excluding carboxylic acids is 7. The van der Waals surface area contributed by atoms with E-state index in [1.54, 1.807) is 17.6 Å². The highest BCUT2D eigenvalue weighted by molar-refractivity contribution is 7.10. The van der Waals surface area contributed by atoms with Crippen molar-refractivity contribution in [3.05, 3.63) is 88.7 Å². The van der Waals surface area contributed by atoms with Crippen LogP contribution in [0.4, 0.5) is 5.69 Å². The number of H-pyrrole nitrogens is 1. The van der Waals surface area contributed by atoms with Gasteiger partial charge in [-0.25, -0.2) is 0 Å². The molecule has 1 unspecified atom stereocenters. The first-order valence-electron chi connectivity index (χ1n) is 21.3. The Morgan fingerprint density at radius 3 is 1.95 bits per heavy atom. The number of fused-ring (bicyclic) bond motifs is 1. The third-order valence-electron chi connectivity index (χ3n) is 10.8. The third-order valence-corrected chi connectivity index (χ3v) is 11.7. The van der Waals surface area contributed by atoms with E-state index < -0.39 is 103 Å². The number of nitrogens with one attached hydrogen (secondary N) is 6. The number of aromatic nitrogens is 1. The highest BCUT2D eigenvalue weighted by Gasteiger charge is 2.36. The number of hydrogen-bond acceptors (Lipinski definition) is 12. The number of para-hydroxylation sites is 2. The SMILES string of the molecule is CC(C)C[C@H](NC(=O)C(NC(=O)[C@H](CC(=O)O)NC(=O)[C@H](CC(=O)N1CCN(c2ccccc2)CC1)NC(=O)[C@@H](N)CC(=O)O)c1cccs1)C(=O)N[C@@H]([C]=O)Cc1c[nH]c2ccccc12. The molecule has 1 fully saturated rings. The van der Waals surface area contributed by atoms with Crippen LogP contribution < -0.4 is 37.2 Å². The molecule has 2 aromatic carbocycles. The van der Waals surface area contributed by atoms with Gasteiger partial charge in [-0.1, -0.05) is 56.3 Å². The van der Waals surface area contributed by atoms with Crippen LogP contribution in [0.5, 0.6) is 0 Å². The minimum absolute atomic E-state index is 0.103. The molecule has 1 aliphatic rings. The quantitative estimate of drug-likeness (QED) is 0.0497. The molecule has 6 atom stereocenters. The van der Waals surface area contributed by atoms with Gasteiger partial charge in [0.2, 0.25) is 41.7 Å². The number of thiophene rings is 1. The van der Waals surface area contributed by atoms with Crippen LogP contribution in [0.25, 0.3) is 10.9 Å². The number of rotatable bonds is 23. The van der Waals surface area contributed by atoms with Gasteiger partial charge in [0.1, 0.15) is 24.2 Å². The van der Waals surface area contributed by atoms with Crippen molar-refractivity contribution in [2.45, 2.75) is 82.2 Å². The Balaban J connectivity index is 1.31. The van der Waals surface area contributed by atoms with E-state index in [0.29, 0.717) is 13.1 Å². The number of nitrogens with two attached hydrogens (primary N) is 1. The fraction of sp³-hybridized carbons (Fsp3) is 0.400. The summed E-state index contributed by atoms with van der Waals surface area (Å²) in [6.45, 7) is 5.05. The molecule has 0 spiro atoms. The average Bonchev–Trinajstić information content (AvgIpc) is 3.97. The third kappa shape index (κ3) is 14.2. The summed E-state index contributed by atoms with van der Waals surface area (Å²) >= 11 is 1.06. The normalized spacial score (nSPS) is 15.3. The first-order valence-corrected chi connectivity index (χ1v) is 22.2. The van der Waals surface area contributed by atoms with Crippen molar-refractivity contribution in [1.29, 1.82) is 0 Å². The van der Waals surface area contributed by atoms with Gasteiger partial charge < -0.3 is 57.3 Å². The molecular weight excluding hydrogens is 875 g/mol. The number of carbonyl (C=O) groups is 8. The maximum atomic E-state index is 14.1. The second-order valence-corrected chi connectivity index (χ2v) is 17.2. The van der Waals surface area contributed by atoms with Gasteiger partial charge in [0.25, 0.3) is 0 Å². The number of amides is 6. The Bertz CT molecular complexity index is 2350. The van der Waals surface area contributed by atoms with Crippen LogP contribution in [0.15, 0.2) is 78.3 Å². The number of hydrogen-bond donors (Lipinski definition) is 9. The van der Waals surface area contributed by atoms with Gasteiger partial charge in [0, 0.05) is 60.3 Å². The van der Waals surface area contributed by atoms with Gasteiger partial charge >= 0.3 is 11.9 Å². The van der Waals surface area contributed by atoms with Crippen molar-refractivity contribution in [2.24, 2.45) is 11.7 Å². The van der Waals surface area contributed by atoms with Crippen LogP contribution in [0.1, 0.15) is 56.0 Å². The Hall–Kier alpha value is -7.13. The molecule has 21 heteroatoms. The largest absolute Gasteiger partial charge is 0.481 e. The van der Waals surface area contributed by atoms with Crippen LogP contribution >= 0.6 is 11.3 Å². The maximum Gasteiger partial charge on any atom is 0.305 e. The molecule has 0 bridgehead atoms. The molecule has 351 valence electrons. The lowest BCUT2D eigenvalue weighted by atomic mass is 10.0. The highest BCUT2D eigenvalue weighted by atomic mass is 32.1. The summed E-state index contributed by atoms with van der Waals surface area (Å²) in [7, 11) is 0. The Kier molecular flexibility index (Phi) is 17.9. The standard InChI is InChI=1S/C45H54N9O11S/c1-26(2)19-33(42(62)48-28(25-55)20-27-24-47-32-12-7-6-11-30(27)32)51-45(65)40(36-13-8-18-66-36)52-44(64)35(23-39(59)60)50-43(63)34(49-41(61)31(46)21-38(57)58)22-37(56)54-16-14-53(15-17-54)29-9-4-3-5-10-29/h3-13,18,24,26,28,31,33-35,40,47H,14-17,19-23,46H2,1-2H3,(H,48,62)(H,49,61)(H,50,63)(H,51,65)(H,52,64)(H,57,58)(H,59,60)/t28-,31+,33+,34+,35+,40?/m1/s1. The smallest absolute Gasteiger partial charge is 0.305 e. The first-order chi connectivity index (χ1) is 31.5. The number of piperazine rings is 1. The monoisotopic (exact) mass is 928 g/mol. The van der Waals surface area contributed by atoms with Crippen molar-refractivity contribution in [3.63, 3.8) is 0 Å². The molecule has 4 aromatic rings. The number of benzene rings is 2. The van der Waals surface area contributed by atoms with E-state index >= 15 is 0 Å². The summed E-state index contributed by atoms with van der Waals surface area (Å²) in [5.74, 6) is -8.62. The topological polar surface area (TPSA) is 303 Å². The van der Waals surface area contributed by atoms with E-state index in [1.165, 1.54) is 11.0 Å². The molecule has 6 amide bonds. The summed E-state index contributed by atoms with van der Waals surface area (Å²) in [5, 5.41) is 33.9. The van der Waals surface area contributed by atoms with Gasteiger partial charge in [-0.3, -0.25) is 43.2 Å². The van der Waals surface area contributed by atoms with E-state index in [9.17, 15) is 53.4 Å². The van der Waals surface area contributed by atoms with Crippen molar-refractivity contribution < 1.29 is 53.4 Å². The van der Waals surface area contributed by atoms with Gasteiger partial charge in [-0.2, -0.15) is 0 Å². The predicted octanol–water partition coefficient (Wildman–Crippen LogP) is 0.740. The van der Waals surface area contributed by atoms with E-state index in [1.807, 2.05) is 74.7 Å². The van der Waals surface area contributed by atoms with Crippen LogP contribution in [0.3, 0.4) is 0 Å². The molecule has 1 aliphatic heterocycles. The molecule has 0 aliphatic carbocycles. The summed E-state index contributed by atoms with van der Waals surface area (Å²) in [4.78, 5) is 125. The average molecular weight is 929 g/mol. The molecule has 3 heterocycles. The van der Waals surface area contributed by atoms with Gasteiger partial charge in [0.15, 0.2) is 0 Å². The number of anilines is 1. The number of carboxylic acid groups (broad SMARTS) is 2. The van der Waals surface area contributed by atoms with E-state index in [0.717, 1.165) is 33.5 Å². The van der Waals surface area contributed by atoms with Crippen LogP contribution in [-0.4, -0.2) is 130 Å². The number of aliphatic carboxylic acids is 2. The summed E-state index contributed by atoms with van der Waals surface area (Å²) < 4.78 is 0. The summed E-state index contributed by atoms with van der Waals surface area (Å²) in [5.41, 5.74) is 8.30. The first kappa shape index (κ1) is 49.9. The fourth-order valence-electron chi connectivity index (χ4n) is 7.42. The van der Waals surface area contributed by atoms with Crippen LogP contribution in [-0.2, 0) is 49.6 Å². The van der Waals surface area contributed by atoms with Gasteiger partial charge in [-0.15, -0.1) is 11.3 Å². The molecule has 20 nitrogen and oxygen atoms in total. The minimum Gasteiger partial charge on any atom is -0.481 e. The molecule has 1 radical (unpaired) electrons. The van der Waals surface area contributed by atoms with Crippen LogP contribution in [0, 0.1) is 5.92 Å². The highest BCUT2D eigenvalue weighted by Crippen LogP contribution is 2.22. The molecule has 10 N–H and O–H groups in total. The maximum absolute atomic E-state index is 14.1. The lowest BCUT2D eigenvalue weighted by Gasteiger charge is -2.36. The molecule has 2 aromatic heterocycles. The minimum atomic E-state index is -1.88. The zero-order chi connectivity index (χ0) is 47.9. The lowest BCUT2D eigenvalue weighted by Crippen LogP contribution is -2.59. The molecule has 66 heavy (non-hydrogen) atoms. The summed E-state index contributed by atoms with van der Waals surface area (Å²) in [6.07, 6.45) is 1.32. The molecule has 0 saturated carbocycles. The van der Waals surface area contributed by atoms with Gasteiger partial charge in [0.05, 0.1) is 31.3 Å². The number of nitrogens with zero attached hydrogens (tertiary/aromatic N) is 2. The number of aromatic amines is 1. The Morgan fingerprint density at radius 2 is 1.32 bits per heavy atom. The lowest BCUT2D eigenvalue weighted by molar-refractivity contribution is -0.142. The summed E-state index contributed by atoms with van der Waals surface area (Å²) in [6, 6.07) is 11.0. The van der Waals surface area contributed by atoms with Crippen molar-refractivity contribution in [1.82, 2.24) is 36.5 Å². The zero-order valence-electron chi connectivity index (χ0n) is 36.4. The molecule has 5 rings (SSSR count). The second kappa shape index (κ2) is 23.7. The van der Waals surface area contributed by atoms with Crippen molar-refractivity contribution >= 4 is 81.6 Å². The van der Waals surface area contributed by atoms with E-state index in [4.69, 9.17) is 5.73 Å². The van der Waals surface area contributed by atoms with E-state index in [2.05, 4.69) is 36.5 Å². The molecule has 1 saturated heterocycles. The zero-order valence-corrected chi connectivity index (χ0v) is 37.2. The molecular formula is C45H54N9O11S. The predicted molar refractivity (Wildman–Crippen MR) is 242 cm³/mol. The second-order valence-electron chi connectivity index (χ2n) is 16.2. The Labute approximate surface area is 384 Å².